The van der Waals surface area contributed by atoms with Crippen molar-refractivity contribution in [2.24, 2.45) is 0 Å². The van der Waals surface area contributed by atoms with Crippen molar-refractivity contribution >= 4 is 5.70 Å². The van der Waals surface area contributed by atoms with E-state index in [9.17, 15) is 0 Å². The fourth-order valence-corrected chi connectivity index (χ4v) is 4.84. The van der Waals surface area contributed by atoms with Gasteiger partial charge >= 0.3 is 0 Å². The number of hydrogen-bond acceptors (Lipinski definition) is 3. The van der Waals surface area contributed by atoms with Crippen molar-refractivity contribution in [2.45, 2.75) is 52.4 Å². The van der Waals surface area contributed by atoms with Crippen molar-refractivity contribution in [3.63, 3.8) is 0 Å². The standard InChI is InChI=1S/C28H32N4/c1-5-6-25-11-12-26(17-27(25)28-19(2)30-21(4)31-28)20(3)32-15-13-24(14-16-32)23-9-7-22(18-29)8-10-23/h7-12,17,24H,3,5-6,13-16H2,1-2,4H3,(H,30,31). The molecule has 1 N–H and O–H groups in total. The minimum atomic E-state index is 0.546. The maximum absolute atomic E-state index is 9.03. The quantitative estimate of drug-likeness (QED) is 0.500. The highest BCUT2D eigenvalue weighted by Gasteiger charge is 2.22. The first-order chi connectivity index (χ1) is 15.5. The number of piperidine rings is 1. The molecule has 1 saturated heterocycles. The zero-order valence-corrected chi connectivity index (χ0v) is 19.4. The molecule has 4 rings (SSSR count). The largest absolute Gasteiger partial charge is 0.371 e. The van der Waals surface area contributed by atoms with Gasteiger partial charge in [-0.1, -0.05) is 44.2 Å². The van der Waals surface area contributed by atoms with Crippen LogP contribution in [0.4, 0.5) is 0 Å². The number of nitriles is 1. The molecule has 1 aliphatic heterocycles. The van der Waals surface area contributed by atoms with Crippen molar-refractivity contribution in [1.82, 2.24) is 14.9 Å². The molecule has 32 heavy (non-hydrogen) atoms. The van der Waals surface area contributed by atoms with Crippen molar-refractivity contribution in [2.75, 3.05) is 13.1 Å². The van der Waals surface area contributed by atoms with E-state index < -0.39 is 0 Å². The van der Waals surface area contributed by atoms with E-state index in [-0.39, 0.29) is 0 Å². The first kappa shape index (κ1) is 21.9. The molecule has 0 unspecified atom stereocenters. The van der Waals surface area contributed by atoms with Gasteiger partial charge in [-0.05, 0) is 73.9 Å². The van der Waals surface area contributed by atoms with Crippen molar-refractivity contribution in [3.05, 3.63) is 82.8 Å². The summed E-state index contributed by atoms with van der Waals surface area (Å²) in [6.07, 6.45) is 4.37. The van der Waals surface area contributed by atoms with Gasteiger partial charge in [-0.2, -0.15) is 5.26 Å². The molecule has 0 amide bonds. The summed E-state index contributed by atoms with van der Waals surface area (Å²) in [4.78, 5) is 10.5. The van der Waals surface area contributed by atoms with Gasteiger partial charge in [-0.15, -0.1) is 0 Å². The van der Waals surface area contributed by atoms with Crippen LogP contribution in [0, 0.1) is 25.2 Å². The van der Waals surface area contributed by atoms with E-state index in [2.05, 4.69) is 71.7 Å². The Labute approximate surface area is 191 Å². The predicted octanol–water partition coefficient (Wildman–Crippen LogP) is 6.37. The summed E-state index contributed by atoms with van der Waals surface area (Å²) in [6, 6.07) is 17.1. The highest BCUT2D eigenvalue weighted by molar-refractivity contribution is 5.73. The average molecular weight is 425 g/mol. The second kappa shape index (κ2) is 9.44. The Morgan fingerprint density at radius 3 is 2.47 bits per heavy atom. The van der Waals surface area contributed by atoms with Crippen LogP contribution in [0.3, 0.4) is 0 Å². The monoisotopic (exact) mass is 424 g/mol. The van der Waals surface area contributed by atoms with Crippen LogP contribution in [0.2, 0.25) is 0 Å². The number of imidazole rings is 1. The topological polar surface area (TPSA) is 55.7 Å². The molecule has 1 aliphatic rings. The van der Waals surface area contributed by atoms with E-state index >= 15 is 0 Å². The van der Waals surface area contributed by atoms with Gasteiger partial charge in [-0.25, -0.2) is 4.98 Å². The minimum absolute atomic E-state index is 0.546. The molecule has 1 fully saturated rings. The highest BCUT2D eigenvalue weighted by Crippen LogP contribution is 2.34. The summed E-state index contributed by atoms with van der Waals surface area (Å²) in [5.74, 6) is 1.50. The van der Waals surface area contributed by atoms with Crippen LogP contribution in [0.5, 0.6) is 0 Å². The van der Waals surface area contributed by atoms with Gasteiger partial charge < -0.3 is 9.88 Å². The fourth-order valence-electron chi connectivity index (χ4n) is 4.84. The smallest absolute Gasteiger partial charge is 0.103 e. The van der Waals surface area contributed by atoms with Crippen LogP contribution in [0.25, 0.3) is 17.0 Å². The third-order valence-corrected chi connectivity index (χ3v) is 6.62. The molecule has 0 radical (unpaired) electrons. The van der Waals surface area contributed by atoms with Gasteiger partial charge in [0.1, 0.15) is 5.82 Å². The number of likely N-dealkylation sites (tertiary alicyclic amines) is 1. The van der Waals surface area contributed by atoms with Crippen molar-refractivity contribution in [1.29, 1.82) is 5.26 Å². The van der Waals surface area contributed by atoms with E-state index in [1.165, 1.54) is 22.3 Å². The minimum Gasteiger partial charge on any atom is -0.371 e. The van der Waals surface area contributed by atoms with Gasteiger partial charge in [-0.3, -0.25) is 0 Å². The van der Waals surface area contributed by atoms with E-state index in [1.807, 2.05) is 19.1 Å². The number of aromatic amines is 1. The fraction of sp³-hybridized carbons (Fsp3) is 0.357. The van der Waals surface area contributed by atoms with E-state index in [0.29, 0.717) is 5.92 Å². The summed E-state index contributed by atoms with van der Waals surface area (Å²) in [5.41, 5.74) is 9.12. The molecular weight excluding hydrogens is 392 g/mol. The number of hydrogen-bond donors (Lipinski definition) is 1. The number of nitrogens with zero attached hydrogens (tertiary/aromatic N) is 3. The second-order valence-electron chi connectivity index (χ2n) is 8.85. The Morgan fingerprint density at radius 2 is 1.88 bits per heavy atom. The summed E-state index contributed by atoms with van der Waals surface area (Å²) in [6.45, 7) is 12.8. The third kappa shape index (κ3) is 4.48. The first-order valence-electron chi connectivity index (χ1n) is 11.6. The van der Waals surface area contributed by atoms with E-state index in [4.69, 9.17) is 5.26 Å². The molecule has 2 heterocycles. The molecule has 0 spiro atoms. The molecule has 0 bridgehead atoms. The Hall–Kier alpha value is -3.32. The summed E-state index contributed by atoms with van der Waals surface area (Å²) >= 11 is 0. The predicted molar refractivity (Wildman–Crippen MR) is 131 cm³/mol. The average Bonchev–Trinajstić information content (AvgIpc) is 3.17. The highest BCUT2D eigenvalue weighted by atomic mass is 15.1. The number of rotatable bonds is 6. The molecular formula is C28H32N4. The summed E-state index contributed by atoms with van der Waals surface area (Å²) in [7, 11) is 0. The molecule has 164 valence electrons. The molecule has 0 aliphatic carbocycles. The number of benzene rings is 2. The maximum atomic E-state index is 9.03. The van der Waals surface area contributed by atoms with Gasteiger partial charge in [0.05, 0.1) is 23.0 Å². The zero-order chi connectivity index (χ0) is 22.7. The van der Waals surface area contributed by atoms with Gasteiger partial charge in [0.2, 0.25) is 0 Å². The molecule has 0 saturated carbocycles. The Balaban J connectivity index is 1.51. The number of aromatic nitrogens is 2. The SMILES string of the molecule is C=C(c1ccc(CCC)c(-c2[nH]c(C)nc2C)c1)N1CCC(c2ccc(C#N)cc2)CC1. The molecule has 4 nitrogen and oxygen atoms in total. The maximum Gasteiger partial charge on any atom is 0.103 e. The van der Waals surface area contributed by atoms with Crippen LogP contribution in [-0.4, -0.2) is 28.0 Å². The molecule has 0 atom stereocenters. The second-order valence-corrected chi connectivity index (χ2v) is 8.85. The lowest BCUT2D eigenvalue weighted by Gasteiger charge is -2.35. The van der Waals surface area contributed by atoms with Crippen LogP contribution < -0.4 is 0 Å². The van der Waals surface area contributed by atoms with E-state index in [1.54, 1.807) is 0 Å². The lowest BCUT2D eigenvalue weighted by atomic mass is 9.88. The number of aryl methyl sites for hydroxylation is 3. The molecule has 3 aromatic rings. The number of nitrogens with one attached hydrogen (secondary N) is 1. The lowest BCUT2D eigenvalue weighted by Crippen LogP contribution is -2.31. The first-order valence-corrected chi connectivity index (χ1v) is 11.6. The lowest BCUT2D eigenvalue weighted by molar-refractivity contribution is 0.299. The Morgan fingerprint density at radius 1 is 1.16 bits per heavy atom. The summed E-state index contributed by atoms with van der Waals surface area (Å²) in [5, 5.41) is 9.03. The zero-order valence-electron chi connectivity index (χ0n) is 19.4. The van der Waals surface area contributed by atoms with Crippen LogP contribution in [0.1, 0.15) is 65.9 Å². The number of H-pyrrole nitrogens is 1. The van der Waals surface area contributed by atoms with Crippen molar-refractivity contribution < 1.29 is 0 Å². The Kier molecular flexibility index (Phi) is 6.46. The van der Waals surface area contributed by atoms with E-state index in [0.717, 1.165) is 67.2 Å². The van der Waals surface area contributed by atoms with Gasteiger partial charge in [0.25, 0.3) is 0 Å². The van der Waals surface area contributed by atoms with Crippen LogP contribution >= 0.6 is 0 Å². The third-order valence-electron chi connectivity index (χ3n) is 6.62. The van der Waals surface area contributed by atoms with Crippen molar-refractivity contribution in [3.8, 4) is 17.3 Å². The Bertz CT molecular complexity index is 1140. The van der Waals surface area contributed by atoms with Crippen LogP contribution in [-0.2, 0) is 6.42 Å². The molecule has 4 heteroatoms. The van der Waals surface area contributed by atoms with Gasteiger partial charge in [0.15, 0.2) is 0 Å². The van der Waals surface area contributed by atoms with Crippen LogP contribution in [0.15, 0.2) is 49.0 Å². The molecule has 2 aromatic carbocycles. The molecule has 1 aromatic heterocycles. The summed E-state index contributed by atoms with van der Waals surface area (Å²) < 4.78 is 0. The van der Waals surface area contributed by atoms with Gasteiger partial charge in [0, 0.05) is 24.4 Å². The normalized spacial score (nSPS) is 14.4.